The zero-order valence-electron chi connectivity index (χ0n) is 9.15. The van der Waals surface area contributed by atoms with Gasteiger partial charge in [-0.05, 0) is 13.8 Å². The van der Waals surface area contributed by atoms with Crippen LogP contribution in [0.3, 0.4) is 0 Å². The summed E-state index contributed by atoms with van der Waals surface area (Å²) in [6.45, 7) is 3.36. The molecule has 1 atom stereocenters. The standard InChI is InChI=1S/C9H17NO5/c1-6(2)15-5-8(11)10-7(4-14-3)9(12)13/h6-7H,4-5H2,1-3H3,(H,10,11)(H,12,13). The molecule has 0 aromatic rings. The molecule has 88 valence electrons. The molecule has 0 bridgehead atoms. The number of hydrogen-bond donors (Lipinski definition) is 2. The molecule has 0 fully saturated rings. The number of carboxylic acids is 1. The molecule has 1 unspecified atom stereocenters. The summed E-state index contributed by atoms with van der Waals surface area (Å²) in [6, 6.07) is -1.03. The molecule has 0 aliphatic rings. The molecular formula is C9H17NO5. The van der Waals surface area contributed by atoms with Crippen LogP contribution in [0, 0.1) is 0 Å². The molecule has 0 aliphatic carbocycles. The Kier molecular flexibility index (Phi) is 6.64. The molecule has 6 heteroatoms. The lowest BCUT2D eigenvalue weighted by Gasteiger charge is -2.14. The van der Waals surface area contributed by atoms with Crippen LogP contribution in [0.15, 0.2) is 0 Å². The third-order valence-corrected chi connectivity index (χ3v) is 1.51. The van der Waals surface area contributed by atoms with Crippen LogP contribution >= 0.6 is 0 Å². The average molecular weight is 219 g/mol. The first kappa shape index (κ1) is 13.9. The van der Waals surface area contributed by atoms with Gasteiger partial charge in [-0.1, -0.05) is 0 Å². The first-order chi connectivity index (χ1) is 6.97. The van der Waals surface area contributed by atoms with Crippen LogP contribution in [0.2, 0.25) is 0 Å². The van der Waals surface area contributed by atoms with Gasteiger partial charge in [0.05, 0.1) is 12.7 Å². The predicted molar refractivity (Wildman–Crippen MR) is 52.5 cm³/mol. The summed E-state index contributed by atoms with van der Waals surface area (Å²) in [7, 11) is 1.37. The Morgan fingerprint density at radius 2 is 2.00 bits per heavy atom. The summed E-state index contributed by atoms with van der Waals surface area (Å²) in [5.74, 6) is -1.59. The maximum absolute atomic E-state index is 11.2. The Bertz CT molecular complexity index is 217. The van der Waals surface area contributed by atoms with Crippen LogP contribution in [-0.4, -0.2) is 49.5 Å². The lowest BCUT2D eigenvalue weighted by Crippen LogP contribution is -2.45. The molecule has 0 aromatic heterocycles. The Balaban J connectivity index is 3.94. The lowest BCUT2D eigenvalue weighted by atomic mass is 10.3. The third kappa shape index (κ3) is 6.87. The van der Waals surface area contributed by atoms with E-state index in [1.807, 2.05) is 0 Å². The van der Waals surface area contributed by atoms with Crippen molar-refractivity contribution in [2.75, 3.05) is 20.3 Å². The highest BCUT2D eigenvalue weighted by Crippen LogP contribution is 1.89. The number of nitrogens with one attached hydrogen (secondary N) is 1. The Labute approximate surface area is 88.6 Å². The van der Waals surface area contributed by atoms with Gasteiger partial charge in [0, 0.05) is 7.11 Å². The predicted octanol–water partition coefficient (Wildman–Crippen LogP) is -0.373. The molecule has 6 nitrogen and oxygen atoms in total. The number of carboxylic acid groups (broad SMARTS) is 1. The quantitative estimate of drug-likeness (QED) is 0.610. The molecular weight excluding hydrogens is 202 g/mol. The van der Waals surface area contributed by atoms with Crippen molar-refractivity contribution in [1.82, 2.24) is 5.32 Å². The van der Waals surface area contributed by atoms with Gasteiger partial charge < -0.3 is 19.9 Å². The first-order valence-corrected chi connectivity index (χ1v) is 4.60. The maximum Gasteiger partial charge on any atom is 0.328 e. The highest BCUT2D eigenvalue weighted by molar-refractivity contribution is 5.84. The second-order valence-corrected chi connectivity index (χ2v) is 3.27. The van der Waals surface area contributed by atoms with Crippen LogP contribution in [0.25, 0.3) is 0 Å². The monoisotopic (exact) mass is 219 g/mol. The van der Waals surface area contributed by atoms with Crippen molar-refractivity contribution in [2.45, 2.75) is 26.0 Å². The number of aliphatic carboxylic acids is 1. The van der Waals surface area contributed by atoms with E-state index in [9.17, 15) is 9.59 Å². The minimum Gasteiger partial charge on any atom is -0.480 e. The van der Waals surface area contributed by atoms with E-state index < -0.39 is 17.9 Å². The summed E-state index contributed by atoms with van der Waals surface area (Å²) in [4.78, 5) is 21.8. The molecule has 0 rings (SSSR count). The zero-order chi connectivity index (χ0) is 11.8. The van der Waals surface area contributed by atoms with Crippen LogP contribution in [-0.2, 0) is 19.1 Å². The van der Waals surface area contributed by atoms with E-state index in [2.05, 4.69) is 10.1 Å². The van der Waals surface area contributed by atoms with Crippen molar-refractivity contribution in [2.24, 2.45) is 0 Å². The van der Waals surface area contributed by atoms with E-state index in [1.165, 1.54) is 7.11 Å². The van der Waals surface area contributed by atoms with E-state index in [-0.39, 0.29) is 19.3 Å². The van der Waals surface area contributed by atoms with Gasteiger partial charge in [-0.15, -0.1) is 0 Å². The van der Waals surface area contributed by atoms with E-state index >= 15 is 0 Å². The van der Waals surface area contributed by atoms with Crippen molar-refractivity contribution in [1.29, 1.82) is 0 Å². The van der Waals surface area contributed by atoms with Gasteiger partial charge in [0.15, 0.2) is 6.04 Å². The summed E-state index contributed by atoms with van der Waals surface area (Å²) < 4.78 is 9.67. The molecule has 1 amide bonds. The molecule has 2 N–H and O–H groups in total. The van der Waals surface area contributed by atoms with Gasteiger partial charge in [-0.2, -0.15) is 0 Å². The second kappa shape index (κ2) is 7.19. The highest BCUT2D eigenvalue weighted by atomic mass is 16.5. The fraction of sp³-hybridized carbons (Fsp3) is 0.778. The fourth-order valence-electron chi connectivity index (χ4n) is 0.820. The Morgan fingerprint density at radius 3 is 2.40 bits per heavy atom. The van der Waals surface area contributed by atoms with Gasteiger partial charge >= 0.3 is 5.97 Å². The maximum atomic E-state index is 11.2. The number of ether oxygens (including phenoxy) is 2. The number of carbonyl (C=O) groups is 2. The number of amides is 1. The van der Waals surface area contributed by atoms with Gasteiger partial charge in [0.25, 0.3) is 0 Å². The van der Waals surface area contributed by atoms with Crippen molar-refractivity contribution >= 4 is 11.9 Å². The van der Waals surface area contributed by atoms with E-state index in [4.69, 9.17) is 9.84 Å². The van der Waals surface area contributed by atoms with E-state index in [1.54, 1.807) is 13.8 Å². The van der Waals surface area contributed by atoms with Crippen molar-refractivity contribution in [3.05, 3.63) is 0 Å². The smallest absolute Gasteiger partial charge is 0.328 e. The van der Waals surface area contributed by atoms with Crippen molar-refractivity contribution in [3.63, 3.8) is 0 Å². The molecule has 0 aliphatic heterocycles. The van der Waals surface area contributed by atoms with Crippen molar-refractivity contribution in [3.8, 4) is 0 Å². The summed E-state index contributed by atoms with van der Waals surface area (Å²) in [5, 5.41) is 11.0. The van der Waals surface area contributed by atoms with Crippen LogP contribution in [0.4, 0.5) is 0 Å². The number of rotatable bonds is 7. The van der Waals surface area contributed by atoms with Gasteiger partial charge in [0.2, 0.25) is 5.91 Å². The fourth-order valence-corrected chi connectivity index (χ4v) is 0.820. The average Bonchev–Trinajstić information content (AvgIpc) is 2.14. The molecule has 0 saturated carbocycles. The van der Waals surface area contributed by atoms with Crippen LogP contribution in [0.1, 0.15) is 13.8 Å². The Hall–Kier alpha value is -1.14. The molecule has 0 radical (unpaired) electrons. The lowest BCUT2D eigenvalue weighted by molar-refractivity contribution is -0.144. The molecule has 0 aromatic carbocycles. The summed E-state index contributed by atoms with van der Waals surface area (Å²) in [5.41, 5.74) is 0. The van der Waals surface area contributed by atoms with Gasteiger partial charge in [-0.3, -0.25) is 4.79 Å². The largest absolute Gasteiger partial charge is 0.480 e. The number of carbonyl (C=O) groups excluding carboxylic acids is 1. The van der Waals surface area contributed by atoms with Crippen LogP contribution < -0.4 is 5.32 Å². The SMILES string of the molecule is COCC(NC(=O)COC(C)C)C(=O)O. The zero-order valence-corrected chi connectivity index (χ0v) is 9.15. The third-order valence-electron chi connectivity index (χ3n) is 1.51. The van der Waals surface area contributed by atoms with E-state index in [0.717, 1.165) is 0 Å². The summed E-state index contributed by atoms with van der Waals surface area (Å²) >= 11 is 0. The van der Waals surface area contributed by atoms with Crippen molar-refractivity contribution < 1.29 is 24.2 Å². The second-order valence-electron chi connectivity index (χ2n) is 3.27. The van der Waals surface area contributed by atoms with E-state index in [0.29, 0.717) is 0 Å². The molecule has 0 heterocycles. The molecule has 0 saturated heterocycles. The normalized spacial score (nSPS) is 12.5. The molecule has 15 heavy (non-hydrogen) atoms. The summed E-state index contributed by atoms with van der Waals surface area (Å²) in [6.07, 6.45) is -0.0681. The highest BCUT2D eigenvalue weighted by Gasteiger charge is 2.19. The topological polar surface area (TPSA) is 84.9 Å². The number of methoxy groups -OCH3 is 1. The number of hydrogen-bond acceptors (Lipinski definition) is 4. The minimum absolute atomic E-state index is 0.0667. The first-order valence-electron chi connectivity index (χ1n) is 4.60. The van der Waals surface area contributed by atoms with Crippen LogP contribution in [0.5, 0.6) is 0 Å². The van der Waals surface area contributed by atoms with Gasteiger partial charge in [0.1, 0.15) is 6.61 Å². The van der Waals surface area contributed by atoms with Gasteiger partial charge in [-0.25, -0.2) is 4.79 Å². The Morgan fingerprint density at radius 1 is 1.40 bits per heavy atom. The molecule has 0 spiro atoms. The minimum atomic E-state index is -1.13.